The van der Waals surface area contributed by atoms with Gasteiger partial charge in [0.2, 0.25) is 0 Å². The highest BCUT2D eigenvalue weighted by atomic mass is 16.2. The standard InChI is InChI=1S/C6H12.C3H8O.H2O/c1-2-4-6-5-3-1;1-2-3-4;/h1-6H2;4H,2-3H2,1H3;1H2. The largest absolute Gasteiger partial charge is 0.412 e. The van der Waals surface area contributed by atoms with Gasteiger partial charge in [-0.25, -0.2) is 0 Å². The van der Waals surface area contributed by atoms with E-state index in [0.717, 1.165) is 6.42 Å². The van der Waals surface area contributed by atoms with Gasteiger partial charge in [-0.3, -0.25) is 0 Å². The highest BCUT2D eigenvalue weighted by molar-refractivity contribution is 4.51. The first-order valence-corrected chi connectivity index (χ1v) is 4.52. The third-order valence-electron chi connectivity index (χ3n) is 1.72. The Kier molecular flexibility index (Phi) is 15.4. The summed E-state index contributed by atoms with van der Waals surface area (Å²) in [5.41, 5.74) is 0. The number of aliphatic hydroxyl groups is 1. The van der Waals surface area contributed by atoms with Crippen LogP contribution in [0.15, 0.2) is 0 Å². The number of hydrogen-bond acceptors (Lipinski definition) is 1. The van der Waals surface area contributed by atoms with Gasteiger partial charge >= 0.3 is 0 Å². The summed E-state index contributed by atoms with van der Waals surface area (Å²) in [6.07, 6.45) is 9.88. The lowest BCUT2D eigenvalue weighted by molar-refractivity contribution is 0.295. The van der Waals surface area contributed by atoms with Crippen LogP contribution < -0.4 is 0 Å². The Bertz CT molecular complexity index is 38.0. The van der Waals surface area contributed by atoms with Gasteiger partial charge in [-0.15, -0.1) is 0 Å². The molecule has 0 aliphatic heterocycles. The zero-order valence-electron chi connectivity index (χ0n) is 7.60. The maximum Gasteiger partial charge on any atom is 0.0428 e. The summed E-state index contributed by atoms with van der Waals surface area (Å²) in [5.74, 6) is 0. The summed E-state index contributed by atoms with van der Waals surface area (Å²) in [4.78, 5) is 0. The fourth-order valence-corrected chi connectivity index (χ4v) is 1.06. The molecule has 2 nitrogen and oxygen atoms in total. The number of rotatable bonds is 1. The molecule has 1 aliphatic carbocycles. The van der Waals surface area contributed by atoms with Crippen LogP contribution in [0.3, 0.4) is 0 Å². The minimum atomic E-state index is 0. The highest BCUT2D eigenvalue weighted by Crippen LogP contribution is 2.15. The Morgan fingerprint density at radius 1 is 0.909 bits per heavy atom. The van der Waals surface area contributed by atoms with Gasteiger partial charge in [-0.1, -0.05) is 45.4 Å². The van der Waals surface area contributed by atoms with Gasteiger partial charge in [0, 0.05) is 6.61 Å². The van der Waals surface area contributed by atoms with E-state index in [1.807, 2.05) is 6.92 Å². The second kappa shape index (κ2) is 12.6. The van der Waals surface area contributed by atoms with Crippen molar-refractivity contribution in [1.82, 2.24) is 0 Å². The normalized spacial score (nSPS) is 15.8. The van der Waals surface area contributed by atoms with E-state index in [4.69, 9.17) is 5.11 Å². The zero-order chi connectivity index (χ0) is 7.66. The molecule has 1 rings (SSSR count). The Morgan fingerprint density at radius 3 is 1.18 bits per heavy atom. The van der Waals surface area contributed by atoms with E-state index in [1.165, 1.54) is 38.5 Å². The molecule has 0 saturated heterocycles. The third-order valence-corrected chi connectivity index (χ3v) is 1.72. The van der Waals surface area contributed by atoms with Crippen LogP contribution in [0, 0.1) is 0 Å². The first-order valence-electron chi connectivity index (χ1n) is 4.52. The smallest absolute Gasteiger partial charge is 0.0428 e. The summed E-state index contributed by atoms with van der Waals surface area (Å²) in [6.45, 7) is 2.25. The van der Waals surface area contributed by atoms with Gasteiger partial charge in [0.05, 0.1) is 0 Å². The molecule has 0 aromatic rings. The molecule has 0 aromatic carbocycles. The summed E-state index contributed by atoms with van der Waals surface area (Å²) in [6, 6.07) is 0. The molecule has 1 fully saturated rings. The van der Waals surface area contributed by atoms with E-state index in [9.17, 15) is 0 Å². The summed E-state index contributed by atoms with van der Waals surface area (Å²) >= 11 is 0. The van der Waals surface area contributed by atoms with Crippen LogP contribution in [0.4, 0.5) is 0 Å². The van der Waals surface area contributed by atoms with E-state index in [-0.39, 0.29) is 5.48 Å². The summed E-state index contributed by atoms with van der Waals surface area (Å²) in [7, 11) is 0. The van der Waals surface area contributed by atoms with Crippen molar-refractivity contribution in [3.63, 3.8) is 0 Å². The molecular formula is C9H22O2. The maximum atomic E-state index is 7.88. The van der Waals surface area contributed by atoms with Gasteiger partial charge in [0.15, 0.2) is 0 Å². The Morgan fingerprint density at radius 2 is 1.09 bits per heavy atom. The van der Waals surface area contributed by atoms with Crippen LogP contribution in [0.1, 0.15) is 51.9 Å². The van der Waals surface area contributed by atoms with Gasteiger partial charge in [0.1, 0.15) is 0 Å². The summed E-state index contributed by atoms with van der Waals surface area (Å²) in [5, 5.41) is 7.88. The van der Waals surface area contributed by atoms with Crippen LogP contribution in [0.25, 0.3) is 0 Å². The molecule has 0 aromatic heterocycles. The van der Waals surface area contributed by atoms with Crippen molar-refractivity contribution in [2.24, 2.45) is 0 Å². The molecule has 2 heteroatoms. The lowest BCUT2D eigenvalue weighted by Gasteiger charge is -2.05. The predicted molar refractivity (Wildman–Crippen MR) is 48.7 cm³/mol. The number of hydrogen-bond donors (Lipinski definition) is 1. The molecular weight excluding hydrogens is 140 g/mol. The van der Waals surface area contributed by atoms with Gasteiger partial charge in [0.25, 0.3) is 0 Å². The topological polar surface area (TPSA) is 51.7 Å². The van der Waals surface area contributed by atoms with Crippen molar-refractivity contribution in [1.29, 1.82) is 0 Å². The molecule has 0 bridgehead atoms. The second-order valence-corrected chi connectivity index (χ2v) is 2.84. The SMILES string of the molecule is C1CCCCC1.CCCO.O. The van der Waals surface area contributed by atoms with Gasteiger partial charge in [-0.05, 0) is 6.42 Å². The molecule has 0 amide bonds. The molecule has 70 valence electrons. The van der Waals surface area contributed by atoms with Crippen molar-refractivity contribution < 1.29 is 10.6 Å². The van der Waals surface area contributed by atoms with Crippen molar-refractivity contribution in [3.8, 4) is 0 Å². The first-order chi connectivity index (χ1) is 4.91. The number of aliphatic hydroxyl groups excluding tert-OH is 1. The molecule has 1 saturated carbocycles. The maximum absolute atomic E-state index is 7.88. The quantitative estimate of drug-likeness (QED) is 0.629. The molecule has 11 heavy (non-hydrogen) atoms. The molecule has 0 spiro atoms. The fraction of sp³-hybridized carbons (Fsp3) is 1.00. The zero-order valence-corrected chi connectivity index (χ0v) is 7.60. The Labute approximate surface area is 69.9 Å². The lowest BCUT2D eigenvalue weighted by Crippen LogP contribution is -1.85. The highest BCUT2D eigenvalue weighted by Gasteiger charge is 1.95. The lowest BCUT2D eigenvalue weighted by atomic mass is 10.0. The predicted octanol–water partition coefficient (Wildman–Crippen LogP) is 1.90. The van der Waals surface area contributed by atoms with E-state index >= 15 is 0 Å². The van der Waals surface area contributed by atoms with E-state index < -0.39 is 0 Å². The van der Waals surface area contributed by atoms with Crippen LogP contribution >= 0.6 is 0 Å². The molecule has 3 N–H and O–H groups in total. The Balaban J connectivity index is 0. The fourth-order valence-electron chi connectivity index (χ4n) is 1.06. The average molecular weight is 162 g/mol. The van der Waals surface area contributed by atoms with E-state index in [1.54, 1.807) is 0 Å². The molecule has 0 radical (unpaired) electrons. The monoisotopic (exact) mass is 162 g/mol. The van der Waals surface area contributed by atoms with E-state index in [2.05, 4.69) is 0 Å². The molecule has 0 heterocycles. The molecule has 1 aliphatic rings. The second-order valence-electron chi connectivity index (χ2n) is 2.84. The van der Waals surface area contributed by atoms with Crippen LogP contribution in [-0.2, 0) is 0 Å². The average Bonchev–Trinajstić information content (AvgIpc) is 2.08. The third kappa shape index (κ3) is 13.0. The van der Waals surface area contributed by atoms with Gasteiger partial charge < -0.3 is 10.6 Å². The Hall–Kier alpha value is -0.0800. The molecule has 0 atom stereocenters. The van der Waals surface area contributed by atoms with Crippen molar-refractivity contribution in [2.45, 2.75) is 51.9 Å². The van der Waals surface area contributed by atoms with Crippen LogP contribution in [0.2, 0.25) is 0 Å². The van der Waals surface area contributed by atoms with Crippen LogP contribution in [-0.4, -0.2) is 17.2 Å². The van der Waals surface area contributed by atoms with E-state index in [0.29, 0.717) is 6.61 Å². The first kappa shape index (κ1) is 13.5. The van der Waals surface area contributed by atoms with Crippen molar-refractivity contribution in [2.75, 3.05) is 6.61 Å². The summed E-state index contributed by atoms with van der Waals surface area (Å²) < 4.78 is 0. The van der Waals surface area contributed by atoms with Crippen molar-refractivity contribution in [3.05, 3.63) is 0 Å². The minimum absolute atomic E-state index is 0. The molecule has 0 unspecified atom stereocenters. The van der Waals surface area contributed by atoms with Gasteiger partial charge in [-0.2, -0.15) is 0 Å². The minimum Gasteiger partial charge on any atom is -0.412 e. The van der Waals surface area contributed by atoms with Crippen LogP contribution in [0.5, 0.6) is 0 Å². The van der Waals surface area contributed by atoms with Crippen molar-refractivity contribution >= 4 is 0 Å².